The highest BCUT2D eigenvalue weighted by Crippen LogP contribution is 1.95. The molecule has 21 heavy (non-hydrogen) atoms. The van der Waals surface area contributed by atoms with E-state index in [2.05, 4.69) is 15.6 Å². The lowest BCUT2D eigenvalue weighted by molar-refractivity contribution is -0.122. The Morgan fingerprint density at radius 3 is 2.38 bits per heavy atom. The first-order valence-corrected chi connectivity index (χ1v) is 7.57. The topological polar surface area (TPSA) is 158 Å². The Morgan fingerprint density at radius 2 is 1.71 bits per heavy atom. The van der Waals surface area contributed by atoms with Crippen LogP contribution in [0.3, 0.4) is 0 Å². The van der Waals surface area contributed by atoms with Crippen molar-refractivity contribution in [3.63, 3.8) is 0 Å². The van der Waals surface area contributed by atoms with Gasteiger partial charge in [-0.1, -0.05) is 0 Å². The summed E-state index contributed by atoms with van der Waals surface area (Å²) in [5.41, 5.74) is 21.6. The Bertz CT molecular complexity index is 292. The number of amides is 1. The zero-order valence-electron chi connectivity index (χ0n) is 12.8. The molecule has 0 aromatic carbocycles. The van der Waals surface area contributed by atoms with E-state index >= 15 is 0 Å². The molecule has 0 saturated heterocycles. The number of nitrogens with one attached hydrogen (secondary N) is 2. The van der Waals surface area contributed by atoms with Gasteiger partial charge in [0.05, 0.1) is 6.04 Å². The quantitative estimate of drug-likeness (QED) is 0.134. The van der Waals surface area contributed by atoms with Crippen LogP contribution in [0.4, 0.5) is 0 Å². The Hall–Kier alpha value is -1.38. The van der Waals surface area contributed by atoms with Gasteiger partial charge in [0.15, 0.2) is 5.96 Å². The van der Waals surface area contributed by atoms with Crippen molar-refractivity contribution < 1.29 is 4.79 Å². The maximum Gasteiger partial charge on any atom is 0.236 e. The molecular formula is C13H31N7O. The van der Waals surface area contributed by atoms with E-state index < -0.39 is 6.04 Å². The highest BCUT2D eigenvalue weighted by atomic mass is 16.2. The zero-order valence-corrected chi connectivity index (χ0v) is 12.8. The van der Waals surface area contributed by atoms with Crippen LogP contribution >= 0.6 is 0 Å². The average molecular weight is 301 g/mol. The van der Waals surface area contributed by atoms with Gasteiger partial charge in [-0.3, -0.25) is 9.79 Å². The summed E-state index contributed by atoms with van der Waals surface area (Å²) in [6.45, 7) is 3.75. The van der Waals surface area contributed by atoms with E-state index in [0.717, 1.165) is 32.4 Å². The van der Waals surface area contributed by atoms with Gasteiger partial charge in [-0.25, -0.2) is 0 Å². The third kappa shape index (κ3) is 13.4. The highest BCUT2D eigenvalue weighted by Gasteiger charge is 2.11. The summed E-state index contributed by atoms with van der Waals surface area (Å²) in [7, 11) is 0. The first kappa shape index (κ1) is 19.6. The number of carbonyl (C=O) groups excluding carboxylic acids is 1. The molecule has 0 aromatic heterocycles. The normalized spacial score (nSPS) is 11.9. The van der Waals surface area contributed by atoms with Crippen LogP contribution in [0.1, 0.15) is 32.1 Å². The van der Waals surface area contributed by atoms with Crippen LogP contribution < -0.4 is 33.6 Å². The van der Waals surface area contributed by atoms with Gasteiger partial charge in [-0.2, -0.15) is 0 Å². The minimum atomic E-state index is -0.498. The number of rotatable bonds is 13. The molecule has 0 aliphatic heterocycles. The fourth-order valence-corrected chi connectivity index (χ4v) is 1.72. The van der Waals surface area contributed by atoms with Gasteiger partial charge in [0.25, 0.3) is 0 Å². The molecule has 0 fully saturated rings. The molecule has 0 aliphatic carbocycles. The van der Waals surface area contributed by atoms with E-state index in [0.29, 0.717) is 32.5 Å². The summed E-state index contributed by atoms with van der Waals surface area (Å²) < 4.78 is 0. The van der Waals surface area contributed by atoms with Gasteiger partial charge in [-0.05, 0) is 51.7 Å². The second-order valence-corrected chi connectivity index (χ2v) is 4.95. The van der Waals surface area contributed by atoms with Gasteiger partial charge in [0.2, 0.25) is 5.91 Å². The van der Waals surface area contributed by atoms with Crippen molar-refractivity contribution in [2.75, 3.05) is 32.7 Å². The third-order valence-corrected chi connectivity index (χ3v) is 2.94. The molecule has 1 amide bonds. The van der Waals surface area contributed by atoms with E-state index in [1.165, 1.54) is 0 Å². The van der Waals surface area contributed by atoms with E-state index in [4.69, 9.17) is 22.9 Å². The van der Waals surface area contributed by atoms with Crippen molar-refractivity contribution in [3.05, 3.63) is 0 Å². The molecule has 0 heterocycles. The molecule has 0 radical (unpaired) electrons. The summed E-state index contributed by atoms with van der Waals surface area (Å²) in [5, 5.41) is 6.13. The second-order valence-electron chi connectivity index (χ2n) is 4.95. The molecule has 0 bridgehead atoms. The number of hydrogen-bond donors (Lipinski definition) is 6. The summed E-state index contributed by atoms with van der Waals surface area (Å²) in [6.07, 6.45) is 4.21. The van der Waals surface area contributed by atoms with Crippen LogP contribution in [-0.2, 0) is 4.79 Å². The summed E-state index contributed by atoms with van der Waals surface area (Å²) in [4.78, 5) is 15.5. The van der Waals surface area contributed by atoms with Crippen molar-refractivity contribution in [3.8, 4) is 0 Å². The molecular weight excluding hydrogens is 270 g/mol. The van der Waals surface area contributed by atoms with Gasteiger partial charge in [0, 0.05) is 13.1 Å². The second kappa shape index (κ2) is 13.6. The van der Waals surface area contributed by atoms with Crippen molar-refractivity contribution in [2.24, 2.45) is 27.9 Å². The minimum absolute atomic E-state index is 0.0631. The number of nitrogens with two attached hydrogens (primary N) is 4. The van der Waals surface area contributed by atoms with E-state index in [9.17, 15) is 4.79 Å². The molecule has 1 atom stereocenters. The fraction of sp³-hybridized carbons (Fsp3) is 0.846. The number of guanidine groups is 1. The molecule has 0 aliphatic rings. The van der Waals surface area contributed by atoms with Crippen molar-refractivity contribution in [2.45, 2.75) is 38.1 Å². The molecule has 0 spiro atoms. The van der Waals surface area contributed by atoms with Gasteiger partial charge >= 0.3 is 0 Å². The Kier molecular flexibility index (Phi) is 12.7. The van der Waals surface area contributed by atoms with Crippen LogP contribution in [0.15, 0.2) is 4.99 Å². The first-order valence-electron chi connectivity index (χ1n) is 7.57. The molecule has 10 N–H and O–H groups in total. The van der Waals surface area contributed by atoms with Crippen LogP contribution in [0.2, 0.25) is 0 Å². The molecule has 0 rings (SSSR count). The van der Waals surface area contributed by atoms with Crippen LogP contribution in [0.25, 0.3) is 0 Å². The van der Waals surface area contributed by atoms with Crippen LogP contribution in [0.5, 0.6) is 0 Å². The minimum Gasteiger partial charge on any atom is -0.370 e. The van der Waals surface area contributed by atoms with Crippen LogP contribution in [-0.4, -0.2) is 50.6 Å². The Balaban J connectivity index is 3.45. The summed E-state index contributed by atoms with van der Waals surface area (Å²) >= 11 is 0. The number of nitrogens with zero attached hydrogens (tertiary/aromatic N) is 1. The van der Waals surface area contributed by atoms with Crippen LogP contribution in [0, 0.1) is 0 Å². The van der Waals surface area contributed by atoms with E-state index in [-0.39, 0.29) is 11.9 Å². The predicted octanol–water partition coefficient (Wildman–Crippen LogP) is -1.80. The summed E-state index contributed by atoms with van der Waals surface area (Å²) in [5.74, 6) is -0.0520. The number of carbonyl (C=O) groups is 1. The highest BCUT2D eigenvalue weighted by molar-refractivity contribution is 5.81. The lowest BCUT2D eigenvalue weighted by Crippen LogP contribution is -2.41. The lowest BCUT2D eigenvalue weighted by atomic mass is 10.1. The molecule has 0 saturated carbocycles. The molecule has 124 valence electrons. The molecule has 8 nitrogen and oxygen atoms in total. The van der Waals surface area contributed by atoms with Crippen molar-refractivity contribution in [1.29, 1.82) is 0 Å². The van der Waals surface area contributed by atoms with Gasteiger partial charge in [-0.15, -0.1) is 0 Å². The number of aliphatic imine (C=N–C) groups is 1. The van der Waals surface area contributed by atoms with Gasteiger partial charge < -0.3 is 33.6 Å². The predicted molar refractivity (Wildman–Crippen MR) is 86.7 cm³/mol. The zero-order chi connectivity index (χ0) is 15.9. The standard InChI is InChI=1S/C13H31N7O/c14-6-4-8-18-7-1-2-9-19-12(21)11(15)5-3-10-20-13(16)17/h11,18H,1-10,14-15H2,(H,19,21)(H4,16,17,20)/t11-/m0/s1. The summed E-state index contributed by atoms with van der Waals surface area (Å²) in [6, 6.07) is -0.498. The van der Waals surface area contributed by atoms with E-state index in [1.807, 2.05) is 0 Å². The first-order chi connectivity index (χ1) is 10.1. The van der Waals surface area contributed by atoms with Gasteiger partial charge in [0.1, 0.15) is 0 Å². The molecule has 0 aromatic rings. The van der Waals surface area contributed by atoms with E-state index in [1.54, 1.807) is 0 Å². The SMILES string of the molecule is NCCCNCCCCNC(=O)[C@@H](N)CCCN=C(N)N. The monoisotopic (exact) mass is 301 g/mol. The Labute approximate surface area is 127 Å². The Morgan fingerprint density at radius 1 is 1.05 bits per heavy atom. The van der Waals surface area contributed by atoms with Crippen molar-refractivity contribution >= 4 is 11.9 Å². The average Bonchev–Trinajstić information content (AvgIpc) is 2.45. The molecule has 8 heteroatoms. The smallest absolute Gasteiger partial charge is 0.236 e. The fourth-order valence-electron chi connectivity index (χ4n) is 1.72. The third-order valence-electron chi connectivity index (χ3n) is 2.94. The maximum atomic E-state index is 11.7. The number of hydrogen-bond acceptors (Lipinski definition) is 5. The maximum absolute atomic E-state index is 11.7. The molecule has 0 unspecified atom stereocenters. The van der Waals surface area contributed by atoms with Crippen molar-refractivity contribution in [1.82, 2.24) is 10.6 Å². The number of unbranched alkanes of at least 4 members (excludes halogenated alkanes) is 1. The lowest BCUT2D eigenvalue weighted by Gasteiger charge is -2.11. The largest absolute Gasteiger partial charge is 0.370 e.